The summed E-state index contributed by atoms with van der Waals surface area (Å²) in [5.41, 5.74) is 0.251. The van der Waals surface area contributed by atoms with Gasteiger partial charge in [0.05, 0.1) is 20.6 Å². The van der Waals surface area contributed by atoms with Crippen LogP contribution in [0.5, 0.6) is 0 Å². The van der Waals surface area contributed by atoms with Crippen molar-refractivity contribution in [1.82, 2.24) is 4.98 Å². The molecule has 9 heteroatoms. The average Bonchev–Trinajstić information content (AvgIpc) is 2.42. The molecule has 21 heavy (non-hydrogen) atoms. The summed E-state index contributed by atoms with van der Waals surface area (Å²) >= 11 is 11.9. The van der Waals surface area contributed by atoms with Gasteiger partial charge in [-0.1, -0.05) is 29.3 Å². The molecule has 1 aromatic heterocycles. The second kappa shape index (κ2) is 5.98. The van der Waals surface area contributed by atoms with Crippen molar-refractivity contribution in [3.63, 3.8) is 0 Å². The lowest BCUT2D eigenvalue weighted by atomic mass is 10.3. The maximum atomic E-state index is 12.0. The molecule has 0 aliphatic carbocycles. The van der Waals surface area contributed by atoms with Crippen LogP contribution in [0.4, 0.5) is 5.69 Å². The molecule has 0 radical (unpaired) electrons. The molecule has 0 fully saturated rings. The number of pyridine rings is 1. The number of carbonyl (C=O) groups excluding carboxylic acids is 1. The van der Waals surface area contributed by atoms with Gasteiger partial charge in [0.15, 0.2) is 0 Å². The van der Waals surface area contributed by atoms with Crippen molar-refractivity contribution in [2.24, 2.45) is 5.14 Å². The topological polar surface area (TPSA) is 102 Å². The van der Waals surface area contributed by atoms with Gasteiger partial charge >= 0.3 is 0 Å². The molecular formula is C12H9Cl2N3O3S. The van der Waals surface area contributed by atoms with E-state index in [0.29, 0.717) is 0 Å². The van der Waals surface area contributed by atoms with Crippen LogP contribution in [-0.2, 0) is 10.0 Å². The van der Waals surface area contributed by atoms with Crippen LogP contribution in [0, 0.1) is 0 Å². The van der Waals surface area contributed by atoms with E-state index in [1.54, 1.807) is 12.1 Å². The lowest BCUT2D eigenvalue weighted by Gasteiger charge is -2.10. The van der Waals surface area contributed by atoms with Crippen LogP contribution in [0.1, 0.15) is 10.5 Å². The Balaban J connectivity index is 2.36. The van der Waals surface area contributed by atoms with Crippen LogP contribution in [-0.4, -0.2) is 19.3 Å². The van der Waals surface area contributed by atoms with E-state index in [1.807, 2.05) is 0 Å². The van der Waals surface area contributed by atoms with Crippen LogP contribution in [0.3, 0.4) is 0 Å². The van der Waals surface area contributed by atoms with Crippen molar-refractivity contribution in [3.05, 3.63) is 52.3 Å². The zero-order valence-corrected chi connectivity index (χ0v) is 12.7. The second-order valence-electron chi connectivity index (χ2n) is 3.98. The van der Waals surface area contributed by atoms with E-state index < -0.39 is 15.9 Å². The molecule has 0 atom stereocenters. The molecule has 1 aromatic carbocycles. The van der Waals surface area contributed by atoms with Crippen molar-refractivity contribution in [2.45, 2.75) is 4.90 Å². The highest BCUT2D eigenvalue weighted by Crippen LogP contribution is 2.33. The summed E-state index contributed by atoms with van der Waals surface area (Å²) in [7, 11) is -3.94. The minimum absolute atomic E-state index is 0.0455. The number of halogens is 2. The van der Waals surface area contributed by atoms with Gasteiger partial charge in [0.2, 0.25) is 10.0 Å². The van der Waals surface area contributed by atoms with E-state index in [1.165, 1.54) is 12.3 Å². The number of nitrogens with zero attached hydrogens (tertiary/aromatic N) is 1. The quantitative estimate of drug-likeness (QED) is 0.890. The number of nitrogens with one attached hydrogen (secondary N) is 1. The minimum atomic E-state index is -3.94. The van der Waals surface area contributed by atoms with Crippen molar-refractivity contribution < 1.29 is 13.2 Å². The molecular weight excluding hydrogens is 337 g/mol. The van der Waals surface area contributed by atoms with Gasteiger partial charge in [0.25, 0.3) is 5.91 Å². The van der Waals surface area contributed by atoms with Gasteiger partial charge in [-0.2, -0.15) is 0 Å². The number of benzene rings is 1. The van der Waals surface area contributed by atoms with Crippen molar-refractivity contribution in [1.29, 1.82) is 0 Å². The third-order valence-corrected chi connectivity index (χ3v) is 3.97. The maximum absolute atomic E-state index is 12.0. The number of anilines is 1. The fourth-order valence-electron chi connectivity index (χ4n) is 1.51. The normalized spacial score (nSPS) is 11.2. The molecule has 0 aliphatic rings. The fourth-order valence-corrected chi connectivity index (χ4v) is 2.78. The van der Waals surface area contributed by atoms with Crippen LogP contribution in [0.2, 0.25) is 10.0 Å². The van der Waals surface area contributed by atoms with E-state index in [2.05, 4.69) is 10.3 Å². The molecule has 3 N–H and O–H groups in total. The number of sulfonamides is 1. The second-order valence-corrected chi connectivity index (χ2v) is 6.35. The van der Waals surface area contributed by atoms with Gasteiger partial charge in [-0.05, 0) is 24.3 Å². The maximum Gasteiger partial charge on any atom is 0.274 e. The predicted molar refractivity (Wildman–Crippen MR) is 80.0 cm³/mol. The molecule has 0 bridgehead atoms. The molecule has 0 spiro atoms. The zero-order chi connectivity index (χ0) is 15.6. The number of carbonyl (C=O) groups is 1. The first-order valence-electron chi connectivity index (χ1n) is 5.53. The predicted octanol–water partition coefficient (Wildman–Crippen LogP) is 2.29. The number of primary sulfonamides is 1. The summed E-state index contributed by atoms with van der Waals surface area (Å²) in [5, 5.41) is 7.38. The van der Waals surface area contributed by atoms with Crippen LogP contribution in [0.25, 0.3) is 0 Å². The Bertz CT molecular complexity index is 772. The SMILES string of the molecule is NS(=O)(=O)c1cc(Cl)c(NC(=O)c2ccccn2)c(Cl)c1. The molecule has 0 aliphatic heterocycles. The van der Waals surface area contributed by atoms with Gasteiger partial charge < -0.3 is 5.32 Å². The molecule has 0 unspecified atom stereocenters. The first kappa shape index (κ1) is 15.7. The summed E-state index contributed by atoms with van der Waals surface area (Å²) in [6.45, 7) is 0. The Labute approximate surface area is 130 Å². The summed E-state index contributed by atoms with van der Waals surface area (Å²) in [4.78, 5) is 15.6. The third-order valence-electron chi connectivity index (χ3n) is 2.48. The Morgan fingerprint density at radius 3 is 2.29 bits per heavy atom. The monoisotopic (exact) mass is 345 g/mol. The van der Waals surface area contributed by atoms with E-state index in [9.17, 15) is 13.2 Å². The summed E-state index contributed by atoms with van der Waals surface area (Å²) in [5.74, 6) is -0.525. The molecule has 6 nitrogen and oxygen atoms in total. The molecule has 1 amide bonds. The number of amides is 1. The summed E-state index contributed by atoms with van der Waals surface area (Å²) in [6, 6.07) is 7.04. The van der Waals surface area contributed by atoms with Gasteiger partial charge in [-0.3, -0.25) is 9.78 Å². The van der Waals surface area contributed by atoms with Crippen LogP contribution >= 0.6 is 23.2 Å². The lowest BCUT2D eigenvalue weighted by molar-refractivity contribution is 0.102. The average molecular weight is 346 g/mol. The highest BCUT2D eigenvalue weighted by Gasteiger charge is 2.17. The van der Waals surface area contributed by atoms with Crippen molar-refractivity contribution in [3.8, 4) is 0 Å². The van der Waals surface area contributed by atoms with Crippen molar-refractivity contribution >= 4 is 44.8 Å². The standard InChI is InChI=1S/C12H9Cl2N3O3S/c13-8-5-7(21(15,19)20)6-9(14)11(8)17-12(18)10-3-1-2-4-16-10/h1-6H,(H,17,18)(H2,15,19,20). The number of hydrogen-bond donors (Lipinski definition) is 2. The van der Waals surface area contributed by atoms with Gasteiger partial charge in [-0.25, -0.2) is 13.6 Å². The van der Waals surface area contributed by atoms with E-state index in [-0.39, 0.29) is 26.3 Å². The number of rotatable bonds is 3. The lowest BCUT2D eigenvalue weighted by Crippen LogP contribution is -2.15. The molecule has 110 valence electrons. The number of nitrogens with two attached hydrogens (primary N) is 1. The Hall–Kier alpha value is -1.67. The van der Waals surface area contributed by atoms with E-state index in [4.69, 9.17) is 28.3 Å². The van der Waals surface area contributed by atoms with Crippen LogP contribution in [0.15, 0.2) is 41.4 Å². The molecule has 0 saturated heterocycles. The van der Waals surface area contributed by atoms with Gasteiger partial charge in [0.1, 0.15) is 5.69 Å². The highest BCUT2D eigenvalue weighted by molar-refractivity contribution is 7.89. The summed E-state index contributed by atoms with van der Waals surface area (Å²) < 4.78 is 22.5. The largest absolute Gasteiger partial charge is 0.318 e. The molecule has 0 saturated carbocycles. The first-order chi connectivity index (χ1) is 9.79. The Morgan fingerprint density at radius 2 is 1.81 bits per heavy atom. The van der Waals surface area contributed by atoms with Gasteiger partial charge in [0, 0.05) is 6.20 Å². The number of hydrogen-bond acceptors (Lipinski definition) is 4. The molecule has 2 rings (SSSR count). The Morgan fingerprint density at radius 1 is 1.19 bits per heavy atom. The van der Waals surface area contributed by atoms with E-state index >= 15 is 0 Å². The van der Waals surface area contributed by atoms with Crippen molar-refractivity contribution in [2.75, 3.05) is 5.32 Å². The Kier molecular flexibility index (Phi) is 4.48. The summed E-state index contributed by atoms with van der Waals surface area (Å²) in [6.07, 6.45) is 1.46. The van der Waals surface area contributed by atoms with Gasteiger partial charge in [-0.15, -0.1) is 0 Å². The zero-order valence-electron chi connectivity index (χ0n) is 10.4. The molecule has 1 heterocycles. The molecule has 2 aromatic rings. The third kappa shape index (κ3) is 3.70. The first-order valence-corrected chi connectivity index (χ1v) is 7.83. The minimum Gasteiger partial charge on any atom is -0.318 e. The fraction of sp³-hybridized carbons (Fsp3) is 0. The highest BCUT2D eigenvalue weighted by atomic mass is 35.5. The number of aromatic nitrogens is 1. The van der Waals surface area contributed by atoms with E-state index in [0.717, 1.165) is 12.1 Å². The van der Waals surface area contributed by atoms with Crippen LogP contribution < -0.4 is 10.5 Å². The smallest absolute Gasteiger partial charge is 0.274 e.